The molecule has 2 unspecified atom stereocenters. The van der Waals surface area contributed by atoms with Gasteiger partial charge in [-0.3, -0.25) is 9.59 Å². The minimum absolute atomic E-state index is 0.0732. The van der Waals surface area contributed by atoms with Crippen LogP contribution >= 0.6 is 11.3 Å². The first kappa shape index (κ1) is 18.2. The summed E-state index contributed by atoms with van der Waals surface area (Å²) in [6, 6.07) is 12.9. The maximum atomic E-state index is 12.2. The normalized spacial score (nSPS) is 13.1. The molecule has 0 radical (unpaired) electrons. The van der Waals surface area contributed by atoms with Crippen LogP contribution in [0, 0.1) is 5.92 Å². The van der Waals surface area contributed by atoms with Crippen molar-refractivity contribution >= 4 is 23.2 Å². The molecule has 2 atom stereocenters. The lowest BCUT2D eigenvalue weighted by Gasteiger charge is -2.19. The lowest BCUT2D eigenvalue weighted by atomic mass is 9.95. The van der Waals surface area contributed by atoms with Crippen LogP contribution in [0.1, 0.15) is 34.6 Å². The highest BCUT2D eigenvalue weighted by atomic mass is 32.1. The molecule has 4 N–H and O–H groups in total. The first-order chi connectivity index (χ1) is 11.6. The van der Waals surface area contributed by atoms with Gasteiger partial charge in [-0.05, 0) is 23.4 Å². The molecule has 6 heteroatoms. The summed E-state index contributed by atoms with van der Waals surface area (Å²) < 4.78 is 0. The van der Waals surface area contributed by atoms with E-state index in [-0.39, 0.29) is 23.8 Å². The van der Waals surface area contributed by atoms with Crippen molar-refractivity contribution in [2.24, 2.45) is 11.7 Å². The summed E-state index contributed by atoms with van der Waals surface area (Å²) in [7, 11) is 0. The van der Waals surface area contributed by atoms with Gasteiger partial charge in [0.1, 0.15) is 0 Å². The third-order valence-electron chi connectivity index (χ3n) is 3.82. The van der Waals surface area contributed by atoms with Gasteiger partial charge >= 0.3 is 0 Å². The smallest absolute Gasteiger partial charge is 0.261 e. The van der Waals surface area contributed by atoms with Crippen molar-refractivity contribution in [3.63, 3.8) is 0 Å². The van der Waals surface area contributed by atoms with Crippen molar-refractivity contribution in [1.29, 1.82) is 0 Å². The highest BCUT2D eigenvalue weighted by Gasteiger charge is 2.21. The second kappa shape index (κ2) is 9.20. The van der Waals surface area contributed by atoms with Crippen LogP contribution in [-0.4, -0.2) is 24.9 Å². The Kier molecular flexibility index (Phi) is 6.96. The molecule has 0 bridgehead atoms. The third-order valence-corrected chi connectivity index (χ3v) is 4.69. The molecule has 0 spiro atoms. The second-order valence-electron chi connectivity index (χ2n) is 5.60. The summed E-state index contributed by atoms with van der Waals surface area (Å²) >= 11 is 1.41. The van der Waals surface area contributed by atoms with Crippen molar-refractivity contribution in [2.75, 3.05) is 13.1 Å². The highest BCUT2D eigenvalue weighted by molar-refractivity contribution is 7.12. The van der Waals surface area contributed by atoms with Crippen LogP contribution in [0.3, 0.4) is 0 Å². The fourth-order valence-corrected chi connectivity index (χ4v) is 2.92. The van der Waals surface area contributed by atoms with Gasteiger partial charge in [0.05, 0.1) is 10.8 Å². The molecule has 1 aromatic carbocycles. The summed E-state index contributed by atoms with van der Waals surface area (Å²) in [5, 5.41) is 7.57. The van der Waals surface area contributed by atoms with E-state index in [2.05, 4.69) is 10.6 Å². The lowest BCUT2D eigenvalue weighted by Crippen LogP contribution is -2.37. The summed E-state index contributed by atoms with van der Waals surface area (Å²) in [6.45, 7) is 2.86. The van der Waals surface area contributed by atoms with Gasteiger partial charge in [-0.1, -0.05) is 43.3 Å². The first-order valence-electron chi connectivity index (χ1n) is 7.99. The standard InChI is InChI=1S/C18H23N3O2S/c1-13(16(19)14-7-3-2-4-8-14)17(22)20-10-6-11-21-18(23)15-9-5-12-24-15/h2-5,7-9,12-13,16H,6,10-11,19H2,1H3,(H,20,22)(H,21,23). The zero-order valence-corrected chi connectivity index (χ0v) is 14.5. The molecule has 1 aromatic heterocycles. The molecule has 2 rings (SSSR count). The number of thiophene rings is 1. The topological polar surface area (TPSA) is 84.2 Å². The van der Waals surface area contributed by atoms with E-state index >= 15 is 0 Å². The number of benzene rings is 1. The summed E-state index contributed by atoms with van der Waals surface area (Å²) in [4.78, 5) is 24.6. The fraction of sp³-hybridized carbons (Fsp3) is 0.333. The molecular weight excluding hydrogens is 322 g/mol. The van der Waals surface area contributed by atoms with Crippen molar-refractivity contribution in [3.05, 3.63) is 58.3 Å². The molecule has 0 aliphatic heterocycles. The Hall–Kier alpha value is -2.18. The van der Waals surface area contributed by atoms with Crippen molar-refractivity contribution in [1.82, 2.24) is 10.6 Å². The Labute approximate surface area is 146 Å². The SMILES string of the molecule is CC(C(=O)NCCCNC(=O)c1cccs1)C(N)c1ccccc1. The minimum atomic E-state index is -0.329. The van der Waals surface area contributed by atoms with Gasteiger partial charge in [0.25, 0.3) is 5.91 Å². The third kappa shape index (κ3) is 5.18. The number of nitrogens with one attached hydrogen (secondary N) is 2. The Bertz CT molecular complexity index is 644. The largest absolute Gasteiger partial charge is 0.356 e. The molecule has 5 nitrogen and oxygen atoms in total. The van der Waals surface area contributed by atoms with Crippen LogP contribution in [0.15, 0.2) is 47.8 Å². The van der Waals surface area contributed by atoms with Crippen molar-refractivity contribution < 1.29 is 9.59 Å². The van der Waals surface area contributed by atoms with Gasteiger partial charge in [-0.2, -0.15) is 0 Å². The Morgan fingerprint density at radius 1 is 1.08 bits per heavy atom. The van der Waals surface area contributed by atoms with Crippen LogP contribution < -0.4 is 16.4 Å². The minimum Gasteiger partial charge on any atom is -0.356 e. The number of rotatable bonds is 8. The summed E-state index contributed by atoms with van der Waals surface area (Å²) in [5.41, 5.74) is 7.09. The molecular formula is C18H23N3O2S. The molecule has 0 saturated heterocycles. The molecule has 1 heterocycles. The maximum Gasteiger partial charge on any atom is 0.261 e. The maximum absolute atomic E-state index is 12.2. The van der Waals surface area contributed by atoms with E-state index in [9.17, 15) is 9.59 Å². The van der Waals surface area contributed by atoms with E-state index in [0.717, 1.165) is 5.56 Å². The van der Waals surface area contributed by atoms with Crippen LogP contribution in [0.5, 0.6) is 0 Å². The number of amides is 2. The molecule has 0 fully saturated rings. The fourth-order valence-electron chi connectivity index (χ4n) is 2.28. The van der Waals surface area contributed by atoms with Gasteiger partial charge in [0.15, 0.2) is 0 Å². The summed E-state index contributed by atoms with van der Waals surface area (Å²) in [6.07, 6.45) is 0.677. The number of carbonyl (C=O) groups excluding carboxylic acids is 2. The van der Waals surface area contributed by atoms with Gasteiger partial charge in [-0.15, -0.1) is 11.3 Å². The first-order valence-corrected chi connectivity index (χ1v) is 8.87. The predicted octanol–water partition coefficient (Wildman–Crippen LogP) is 2.32. The van der Waals surface area contributed by atoms with E-state index in [1.807, 2.05) is 48.7 Å². The van der Waals surface area contributed by atoms with Gasteiger partial charge in [-0.25, -0.2) is 0 Å². The quantitative estimate of drug-likeness (QED) is 0.642. The number of nitrogens with two attached hydrogens (primary N) is 1. The van der Waals surface area contributed by atoms with E-state index in [4.69, 9.17) is 5.73 Å². The van der Waals surface area contributed by atoms with E-state index in [0.29, 0.717) is 24.4 Å². The van der Waals surface area contributed by atoms with Crippen LogP contribution in [0.4, 0.5) is 0 Å². The Morgan fingerprint density at radius 3 is 2.46 bits per heavy atom. The van der Waals surface area contributed by atoms with Gasteiger partial charge in [0, 0.05) is 19.1 Å². The average molecular weight is 345 g/mol. The van der Waals surface area contributed by atoms with E-state index in [1.54, 1.807) is 6.07 Å². The lowest BCUT2D eigenvalue weighted by molar-refractivity contribution is -0.125. The average Bonchev–Trinajstić information content (AvgIpc) is 3.15. The monoisotopic (exact) mass is 345 g/mol. The number of hydrogen-bond donors (Lipinski definition) is 3. The Balaban J connectivity index is 1.66. The molecule has 24 heavy (non-hydrogen) atoms. The second-order valence-corrected chi connectivity index (χ2v) is 6.55. The number of carbonyl (C=O) groups is 2. The summed E-state index contributed by atoms with van der Waals surface area (Å²) in [5.74, 6) is -0.458. The predicted molar refractivity (Wildman–Crippen MR) is 96.8 cm³/mol. The number of hydrogen-bond acceptors (Lipinski definition) is 4. The molecule has 128 valence electrons. The van der Waals surface area contributed by atoms with E-state index in [1.165, 1.54) is 11.3 Å². The molecule has 2 amide bonds. The molecule has 0 saturated carbocycles. The zero-order valence-electron chi connectivity index (χ0n) is 13.7. The van der Waals surface area contributed by atoms with Crippen molar-refractivity contribution in [3.8, 4) is 0 Å². The molecule has 2 aromatic rings. The van der Waals surface area contributed by atoms with Gasteiger partial charge < -0.3 is 16.4 Å². The van der Waals surface area contributed by atoms with Crippen LogP contribution in [-0.2, 0) is 4.79 Å². The Morgan fingerprint density at radius 2 is 1.79 bits per heavy atom. The molecule has 0 aliphatic rings. The highest BCUT2D eigenvalue weighted by Crippen LogP contribution is 2.18. The van der Waals surface area contributed by atoms with E-state index < -0.39 is 0 Å². The molecule has 0 aliphatic carbocycles. The van der Waals surface area contributed by atoms with Crippen LogP contribution in [0.25, 0.3) is 0 Å². The zero-order chi connectivity index (χ0) is 17.4. The van der Waals surface area contributed by atoms with Gasteiger partial charge in [0.2, 0.25) is 5.91 Å². The van der Waals surface area contributed by atoms with Crippen LogP contribution in [0.2, 0.25) is 0 Å². The van der Waals surface area contributed by atoms with Crippen molar-refractivity contribution in [2.45, 2.75) is 19.4 Å².